The predicted octanol–water partition coefficient (Wildman–Crippen LogP) is 3.09. The van der Waals surface area contributed by atoms with Crippen molar-refractivity contribution in [3.63, 3.8) is 0 Å². The Morgan fingerprint density at radius 1 is 1.55 bits per heavy atom. The monoisotopic (exact) mass is 298 g/mol. The van der Waals surface area contributed by atoms with Gasteiger partial charge >= 0.3 is 12.0 Å². The van der Waals surface area contributed by atoms with Gasteiger partial charge in [0.2, 0.25) is 0 Å². The molecular weight excluding hydrogens is 276 g/mol. The molecule has 1 aromatic heterocycles. The number of hydrogen-bond acceptors (Lipinski definition) is 3. The molecule has 0 fully saturated rings. The fourth-order valence-electron chi connectivity index (χ4n) is 1.94. The molecule has 0 saturated carbocycles. The van der Waals surface area contributed by atoms with E-state index in [9.17, 15) is 14.7 Å². The normalized spacial score (nSPS) is 15.2. The molecule has 0 aliphatic rings. The van der Waals surface area contributed by atoms with Gasteiger partial charge in [-0.15, -0.1) is 11.3 Å². The van der Waals surface area contributed by atoms with Crippen molar-refractivity contribution in [2.45, 2.75) is 45.2 Å². The molecule has 6 heteroatoms. The Hall–Kier alpha value is -1.56. The summed E-state index contributed by atoms with van der Waals surface area (Å²) in [5.41, 5.74) is -1.23. The maximum atomic E-state index is 12.2. The highest BCUT2D eigenvalue weighted by atomic mass is 32.1. The highest BCUT2D eigenvalue weighted by Gasteiger charge is 2.35. The molecule has 2 atom stereocenters. The third kappa shape index (κ3) is 3.72. The highest BCUT2D eigenvalue weighted by molar-refractivity contribution is 7.10. The van der Waals surface area contributed by atoms with Gasteiger partial charge in [0.15, 0.2) is 0 Å². The number of thiophene rings is 1. The zero-order valence-corrected chi connectivity index (χ0v) is 13.2. The molecule has 1 heterocycles. The quantitative estimate of drug-likeness (QED) is 0.848. The zero-order valence-electron chi connectivity index (χ0n) is 12.3. The van der Waals surface area contributed by atoms with Crippen LogP contribution in [0.4, 0.5) is 4.79 Å². The average Bonchev–Trinajstić information content (AvgIpc) is 2.90. The van der Waals surface area contributed by atoms with Crippen LogP contribution in [-0.4, -0.2) is 34.6 Å². The summed E-state index contributed by atoms with van der Waals surface area (Å²) in [5.74, 6) is -1.01. The molecule has 1 aromatic rings. The summed E-state index contributed by atoms with van der Waals surface area (Å²) in [7, 11) is 1.67. The van der Waals surface area contributed by atoms with E-state index in [1.807, 2.05) is 31.4 Å². The Balaban J connectivity index is 2.76. The second-order valence-corrected chi connectivity index (χ2v) is 6.10. The number of carboxylic acid groups (broad SMARTS) is 1. The van der Waals surface area contributed by atoms with Crippen molar-refractivity contribution in [3.05, 3.63) is 22.4 Å². The van der Waals surface area contributed by atoms with Gasteiger partial charge in [0, 0.05) is 11.9 Å². The first-order chi connectivity index (χ1) is 9.31. The van der Waals surface area contributed by atoms with E-state index in [1.54, 1.807) is 25.3 Å². The lowest BCUT2D eigenvalue weighted by atomic mass is 9.96. The Morgan fingerprint density at radius 3 is 2.65 bits per heavy atom. The van der Waals surface area contributed by atoms with Gasteiger partial charge in [-0.3, -0.25) is 0 Å². The van der Waals surface area contributed by atoms with Gasteiger partial charge in [-0.25, -0.2) is 9.59 Å². The standard InChI is InChI=1S/C14H22N2O3S/c1-5-8-14(3,12(17)18)15-13(19)16(4)10(2)11-7-6-9-20-11/h6-7,9-10H,5,8H2,1-4H3,(H,15,19)(H,17,18). The Morgan fingerprint density at radius 2 is 2.20 bits per heavy atom. The molecule has 0 saturated heterocycles. The van der Waals surface area contributed by atoms with Crippen molar-refractivity contribution in [3.8, 4) is 0 Å². The number of nitrogens with zero attached hydrogens (tertiary/aromatic N) is 1. The number of aliphatic carboxylic acids is 1. The van der Waals surface area contributed by atoms with Crippen LogP contribution >= 0.6 is 11.3 Å². The van der Waals surface area contributed by atoms with Crippen LogP contribution in [-0.2, 0) is 4.79 Å². The summed E-state index contributed by atoms with van der Waals surface area (Å²) in [4.78, 5) is 26.2. The lowest BCUT2D eigenvalue weighted by Crippen LogP contribution is -2.55. The first kappa shape index (κ1) is 16.5. The molecule has 0 aromatic carbocycles. The van der Waals surface area contributed by atoms with Crippen molar-refractivity contribution in [2.75, 3.05) is 7.05 Å². The summed E-state index contributed by atoms with van der Waals surface area (Å²) < 4.78 is 0. The molecule has 2 N–H and O–H groups in total. The van der Waals surface area contributed by atoms with Crippen molar-refractivity contribution in [2.24, 2.45) is 0 Å². The Labute approximate surface area is 123 Å². The summed E-state index contributed by atoms with van der Waals surface area (Å²) in [6.45, 7) is 5.36. The molecule has 1 rings (SSSR count). The summed E-state index contributed by atoms with van der Waals surface area (Å²) in [6.07, 6.45) is 1.09. The van der Waals surface area contributed by atoms with E-state index in [-0.39, 0.29) is 12.1 Å². The van der Waals surface area contributed by atoms with Gasteiger partial charge in [0.05, 0.1) is 6.04 Å². The number of carbonyl (C=O) groups excluding carboxylic acids is 1. The van der Waals surface area contributed by atoms with Crippen LogP contribution in [0.25, 0.3) is 0 Å². The third-order valence-electron chi connectivity index (χ3n) is 3.46. The molecule has 0 spiro atoms. The van der Waals surface area contributed by atoms with Crippen LogP contribution in [0.1, 0.15) is 44.5 Å². The number of urea groups is 1. The molecule has 0 aliphatic carbocycles. The van der Waals surface area contributed by atoms with Crippen LogP contribution in [0.15, 0.2) is 17.5 Å². The van der Waals surface area contributed by atoms with Gasteiger partial charge in [-0.05, 0) is 31.7 Å². The summed E-state index contributed by atoms with van der Waals surface area (Å²) >= 11 is 1.57. The van der Waals surface area contributed by atoms with E-state index in [1.165, 1.54) is 4.90 Å². The van der Waals surface area contributed by atoms with Crippen LogP contribution in [0.5, 0.6) is 0 Å². The zero-order chi connectivity index (χ0) is 15.3. The van der Waals surface area contributed by atoms with E-state index in [4.69, 9.17) is 0 Å². The second-order valence-electron chi connectivity index (χ2n) is 5.12. The molecule has 0 bridgehead atoms. The summed E-state index contributed by atoms with van der Waals surface area (Å²) in [5, 5.41) is 13.9. The fourth-order valence-corrected chi connectivity index (χ4v) is 2.77. The lowest BCUT2D eigenvalue weighted by Gasteiger charge is -2.31. The Kier molecular flexibility index (Phi) is 5.56. The Bertz CT molecular complexity index is 461. The molecule has 0 radical (unpaired) electrons. The molecule has 112 valence electrons. The molecule has 2 unspecified atom stereocenters. The lowest BCUT2D eigenvalue weighted by molar-refractivity contribution is -0.144. The highest BCUT2D eigenvalue weighted by Crippen LogP contribution is 2.24. The van der Waals surface area contributed by atoms with Crippen molar-refractivity contribution in [1.82, 2.24) is 10.2 Å². The van der Waals surface area contributed by atoms with Crippen molar-refractivity contribution >= 4 is 23.3 Å². The number of carbonyl (C=O) groups is 2. The maximum Gasteiger partial charge on any atom is 0.329 e. The SMILES string of the molecule is CCCC(C)(NC(=O)N(C)C(C)c1cccs1)C(=O)O. The number of amides is 2. The van der Waals surface area contributed by atoms with E-state index in [0.717, 1.165) is 4.88 Å². The average molecular weight is 298 g/mol. The van der Waals surface area contributed by atoms with Crippen LogP contribution < -0.4 is 5.32 Å². The molecule has 20 heavy (non-hydrogen) atoms. The van der Waals surface area contributed by atoms with Crippen LogP contribution in [0.3, 0.4) is 0 Å². The van der Waals surface area contributed by atoms with Crippen LogP contribution in [0, 0.1) is 0 Å². The number of carboxylic acids is 1. The fraction of sp³-hybridized carbons (Fsp3) is 0.571. The van der Waals surface area contributed by atoms with Gasteiger partial charge in [0.1, 0.15) is 5.54 Å². The van der Waals surface area contributed by atoms with Gasteiger partial charge in [-0.2, -0.15) is 0 Å². The number of rotatable bonds is 6. The van der Waals surface area contributed by atoms with E-state index < -0.39 is 11.5 Å². The van der Waals surface area contributed by atoms with E-state index in [0.29, 0.717) is 12.8 Å². The predicted molar refractivity (Wildman–Crippen MR) is 80.0 cm³/mol. The maximum absolute atomic E-state index is 12.2. The molecular formula is C14H22N2O3S. The van der Waals surface area contributed by atoms with E-state index >= 15 is 0 Å². The topological polar surface area (TPSA) is 69.6 Å². The van der Waals surface area contributed by atoms with Gasteiger partial charge < -0.3 is 15.3 Å². The second kappa shape index (κ2) is 6.74. The first-order valence-electron chi connectivity index (χ1n) is 6.63. The first-order valence-corrected chi connectivity index (χ1v) is 7.51. The molecule has 2 amide bonds. The summed E-state index contributed by atoms with van der Waals surface area (Å²) in [6, 6.07) is 3.43. The van der Waals surface area contributed by atoms with Crippen molar-refractivity contribution in [1.29, 1.82) is 0 Å². The minimum atomic E-state index is -1.23. The van der Waals surface area contributed by atoms with Crippen LogP contribution in [0.2, 0.25) is 0 Å². The smallest absolute Gasteiger partial charge is 0.329 e. The largest absolute Gasteiger partial charge is 0.480 e. The minimum Gasteiger partial charge on any atom is -0.480 e. The van der Waals surface area contributed by atoms with Crippen molar-refractivity contribution < 1.29 is 14.7 Å². The van der Waals surface area contributed by atoms with Gasteiger partial charge in [0.25, 0.3) is 0 Å². The number of hydrogen-bond donors (Lipinski definition) is 2. The number of nitrogens with one attached hydrogen (secondary N) is 1. The molecule has 0 aliphatic heterocycles. The van der Waals surface area contributed by atoms with Gasteiger partial charge in [-0.1, -0.05) is 19.4 Å². The third-order valence-corrected chi connectivity index (χ3v) is 4.50. The minimum absolute atomic E-state index is 0.0883. The molecule has 5 nitrogen and oxygen atoms in total. The van der Waals surface area contributed by atoms with E-state index in [2.05, 4.69) is 5.32 Å².